The second-order valence-corrected chi connectivity index (χ2v) is 3.74. The third-order valence-corrected chi connectivity index (χ3v) is 2.55. The van der Waals surface area contributed by atoms with E-state index in [0.717, 1.165) is 19.4 Å². The molecule has 0 spiro atoms. The van der Waals surface area contributed by atoms with Gasteiger partial charge in [-0.1, -0.05) is 0 Å². The van der Waals surface area contributed by atoms with Crippen molar-refractivity contribution in [2.24, 2.45) is 0 Å². The number of carboxylic acid groups (broad SMARTS) is 1. The van der Waals surface area contributed by atoms with Crippen LogP contribution in [0.25, 0.3) is 0 Å². The zero-order chi connectivity index (χ0) is 9.84. The van der Waals surface area contributed by atoms with Crippen LogP contribution >= 0.6 is 0 Å². The van der Waals surface area contributed by atoms with Crippen LogP contribution in [-0.2, 0) is 4.79 Å². The van der Waals surface area contributed by atoms with Gasteiger partial charge in [-0.3, -0.25) is 9.69 Å². The summed E-state index contributed by atoms with van der Waals surface area (Å²) < 4.78 is 0. The van der Waals surface area contributed by atoms with Crippen LogP contribution in [0.3, 0.4) is 0 Å². The second kappa shape index (κ2) is 4.58. The molecule has 0 amide bonds. The highest BCUT2D eigenvalue weighted by Crippen LogP contribution is 2.16. The van der Waals surface area contributed by atoms with Gasteiger partial charge in [0.1, 0.15) is 0 Å². The lowest BCUT2D eigenvalue weighted by atomic mass is 10.2. The Bertz CT molecular complexity index is 184. The molecular weight excluding hydrogens is 170 g/mol. The minimum atomic E-state index is -0.931. The second-order valence-electron chi connectivity index (χ2n) is 3.74. The summed E-state index contributed by atoms with van der Waals surface area (Å²) in [5, 5.41) is 17.8. The van der Waals surface area contributed by atoms with Crippen LogP contribution in [0, 0.1) is 0 Å². The highest BCUT2D eigenvalue weighted by Gasteiger charge is 2.23. The molecule has 76 valence electrons. The Morgan fingerprint density at radius 2 is 2.38 bits per heavy atom. The zero-order valence-corrected chi connectivity index (χ0v) is 7.94. The van der Waals surface area contributed by atoms with E-state index in [4.69, 9.17) is 5.11 Å². The van der Waals surface area contributed by atoms with E-state index >= 15 is 0 Å². The van der Waals surface area contributed by atoms with Crippen molar-refractivity contribution in [1.82, 2.24) is 4.90 Å². The molecule has 0 aromatic carbocycles. The highest BCUT2D eigenvalue weighted by molar-refractivity contribution is 5.67. The molecule has 1 aliphatic heterocycles. The van der Waals surface area contributed by atoms with E-state index in [2.05, 4.69) is 11.8 Å². The smallest absolute Gasteiger partial charge is 0.306 e. The number of likely N-dealkylation sites (tertiary alicyclic amines) is 1. The van der Waals surface area contributed by atoms with Gasteiger partial charge in [0.2, 0.25) is 0 Å². The van der Waals surface area contributed by atoms with Gasteiger partial charge in [-0.25, -0.2) is 0 Å². The number of aliphatic hydroxyl groups is 1. The molecule has 0 aromatic rings. The summed E-state index contributed by atoms with van der Waals surface area (Å²) in [6.45, 7) is 3.59. The van der Waals surface area contributed by atoms with E-state index in [9.17, 15) is 9.90 Å². The Morgan fingerprint density at radius 1 is 1.69 bits per heavy atom. The zero-order valence-electron chi connectivity index (χ0n) is 7.94. The van der Waals surface area contributed by atoms with Crippen molar-refractivity contribution in [3.05, 3.63) is 0 Å². The number of β-amino-alcohol motifs (C(OH)–C–C–N with tert-alkyl or cyclic N) is 1. The van der Waals surface area contributed by atoms with Gasteiger partial charge in [0.05, 0.1) is 12.5 Å². The van der Waals surface area contributed by atoms with Gasteiger partial charge in [0.15, 0.2) is 0 Å². The van der Waals surface area contributed by atoms with Crippen molar-refractivity contribution in [3.63, 3.8) is 0 Å². The van der Waals surface area contributed by atoms with E-state index in [1.807, 2.05) is 0 Å². The quantitative estimate of drug-likeness (QED) is 0.665. The lowest BCUT2D eigenvalue weighted by molar-refractivity contribution is -0.139. The van der Waals surface area contributed by atoms with E-state index in [-0.39, 0.29) is 6.42 Å². The number of aliphatic carboxylic acids is 1. The number of rotatable bonds is 4. The molecule has 0 aromatic heterocycles. The van der Waals surface area contributed by atoms with Crippen molar-refractivity contribution in [2.75, 3.05) is 13.1 Å². The molecule has 0 radical (unpaired) electrons. The third kappa shape index (κ3) is 3.32. The average molecular weight is 187 g/mol. The maximum atomic E-state index is 10.3. The maximum Gasteiger partial charge on any atom is 0.306 e. The van der Waals surface area contributed by atoms with E-state index in [1.54, 1.807) is 0 Å². The van der Waals surface area contributed by atoms with Crippen molar-refractivity contribution in [2.45, 2.75) is 38.3 Å². The van der Waals surface area contributed by atoms with Crippen molar-refractivity contribution >= 4 is 5.97 Å². The SMILES string of the molecule is CC1CCCN1CC(O)CC(=O)O. The summed E-state index contributed by atoms with van der Waals surface area (Å²) in [5.41, 5.74) is 0. The first kappa shape index (κ1) is 10.5. The van der Waals surface area contributed by atoms with Gasteiger partial charge in [-0.15, -0.1) is 0 Å². The average Bonchev–Trinajstić information content (AvgIpc) is 2.34. The normalized spacial score (nSPS) is 26.2. The first-order valence-electron chi connectivity index (χ1n) is 4.73. The number of nitrogens with zero attached hydrogens (tertiary/aromatic N) is 1. The molecule has 4 nitrogen and oxygen atoms in total. The predicted octanol–water partition coefficient (Wildman–Crippen LogP) is 0.306. The van der Waals surface area contributed by atoms with E-state index in [1.165, 1.54) is 0 Å². The fourth-order valence-electron chi connectivity index (χ4n) is 1.80. The van der Waals surface area contributed by atoms with Gasteiger partial charge in [-0.05, 0) is 26.3 Å². The number of hydrogen-bond donors (Lipinski definition) is 2. The van der Waals surface area contributed by atoms with Crippen LogP contribution in [0.4, 0.5) is 0 Å². The maximum absolute atomic E-state index is 10.3. The summed E-state index contributed by atoms with van der Waals surface area (Å²) in [5.74, 6) is -0.931. The first-order chi connectivity index (χ1) is 6.09. The molecule has 1 fully saturated rings. The molecule has 1 saturated heterocycles. The number of aliphatic hydroxyl groups excluding tert-OH is 1. The number of carboxylic acids is 1. The first-order valence-corrected chi connectivity index (χ1v) is 4.73. The minimum Gasteiger partial charge on any atom is -0.481 e. The summed E-state index contributed by atoms with van der Waals surface area (Å²) >= 11 is 0. The summed E-state index contributed by atoms with van der Waals surface area (Å²) in [7, 11) is 0. The molecule has 2 unspecified atom stereocenters. The molecule has 2 N–H and O–H groups in total. The minimum absolute atomic E-state index is 0.150. The molecular formula is C9H17NO3. The fraction of sp³-hybridized carbons (Fsp3) is 0.889. The molecule has 0 saturated carbocycles. The summed E-state index contributed by atoms with van der Waals surface area (Å²) in [6, 6.07) is 0.489. The Kier molecular flexibility index (Phi) is 3.69. The molecule has 13 heavy (non-hydrogen) atoms. The molecule has 1 heterocycles. The van der Waals surface area contributed by atoms with Gasteiger partial charge < -0.3 is 10.2 Å². The third-order valence-electron chi connectivity index (χ3n) is 2.55. The van der Waals surface area contributed by atoms with Crippen molar-refractivity contribution < 1.29 is 15.0 Å². The van der Waals surface area contributed by atoms with Gasteiger partial charge >= 0.3 is 5.97 Å². The van der Waals surface area contributed by atoms with Gasteiger partial charge in [0, 0.05) is 12.6 Å². The topological polar surface area (TPSA) is 60.8 Å². The lowest BCUT2D eigenvalue weighted by Crippen LogP contribution is -2.35. The van der Waals surface area contributed by atoms with Crippen LogP contribution in [0.2, 0.25) is 0 Å². The Balaban J connectivity index is 2.26. The largest absolute Gasteiger partial charge is 0.481 e. The van der Waals surface area contributed by atoms with Crippen LogP contribution in [0.1, 0.15) is 26.2 Å². The van der Waals surface area contributed by atoms with Crippen molar-refractivity contribution in [1.29, 1.82) is 0 Å². The molecule has 2 atom stereocenters. The number of carbonyl (C=O) groups is 1. The van der Waals surface area contributed by atoms with Crippen molar-refractivity contribution in [3.8, 4) is 0 Å². The Morgan fingerprint density at radius 3 is 2.85 bits per heavy atom. The Labute approximate surface area is 78.2 Å². The molecule has 4 heteroatoms. The highest BCUT2D eigenvalue weighted by atomic mass is 16.4. The van der Waals surface area contributed by atoms with Crippen LogP contribution < -0.4 is 0 Å². The van der Waals surface area contributed by atoms with Gasteiger partial charge in [0.25, 0.3) is 0 Å². The molecule has 0 aliphatic carbocycles. The standard InChI is InChI=1S/C9H17NO3/c1-7-3-2-4-10(7)6-8(11)5-9(12)13/h7-8,11H,2-6H2,1H3,(H,12,13). The molecule has 0 bridgehead atoms. The molecule has 1 aliphatic rings. The monoisotopic (exact) mass is 187 g/mol. The molecule has 1 rings (SSSR count). The number of hydrogen-bond acceptors (Lipinski definition) is 3. The lowest BCUT2D eigenvalue weighted by Gasteiger charge is -2.23. The van der Waals surface area contributed by atoms with Crippen LogP contribution in [0.15, 0.2) is 0 Å². The summed E-state index contributed by atoms with van der Waals surface area (Å²) in [4.78, 5) is 12.4. The van der Waals surface area contributed by atoms with Gasteiger partial charge in [-0.2, -0.15) is 0 Å². The summed E-state index contributed by atoms with van der Waals surface area (Å²) in [6.07, 6.45) is 1.43. The van der Waals surface area contributed by atoms with E-state index in [0.29, 0.717) is 12.6 Å². The van der Waals surface area contributed by atoms with E-state index < -0.39 is 12.1 Å². The van der Waals surface area contributed by atoms with Crippen LogP contribution in [0.5, 0.6) is 0 Å². The van der Waals surface area contributed by atoms with Crippen LogP contribution in [-0.4, -0.2) is 46.3 Å². The Hall–Kier alpha value is -0.610. The fourth-order valence-corrected chi connectivity index (χ4v) is 1.80. The predicted molar refractivity (Wildman–Crippen MR) is 48.5 cm³/mol.